The number of nitriles is 1. The van der Waals surface area contributed by atoms with E-state index in [4.69, 9.17) is 10.4 Å². The van der Waals surface area contributed by atoms with Gasteiger partial charge in [-0.15, -0.1) is 0 Å². The predicted molar refractivity (Wildman–Crippen MR) is 111 cm³/mol. The molecule has 0 unspecified atom stereocenters. The Balaban J connectivity index is 1.89. The molecule has 3 aromatic carbocycles. The van der Waals surface area contributed by atoms with Crippen molar-refractivity contribution in [2.45, 2.75) is 0 Å². The van der Waals surface area contributed by atoms with Gasteiger partial charge in [-0.25, -0.2) is 4.79 Å². The zero-order chi connectivity index (χ0) is 19.8. The largest absolute Gasteiger partial charge is 0.477 e. The molecule has 0 aliphatic heterocycles. The number of aliphatic carboxylic acids is 1. The van der Waals surface area contributed by atoms with E-state index in [-0.39, 0.29) is 5.57 Å². The maximum absolute atomic E-state index is 10.8. The molecule has 0 aliphatic carbocycles. The molecule has 4 heteroatoms. The molecule has 0 aromatic heterocycles. The molecule has 4 nitrogen and oxygen atoms in total. The van der Waals surface area contributed by atoms with Gasteiger partial charge < -0.3 is 10.0 Å². The van der Waals surface area contributed by atoms with Gasteiger partial charge in [0.25, 0.3) is 0 Å². The summed E-state index contributed by atoms with van der Waals surface area (Å²) in [6.45, 7) is 0. The number of anilines is 3. The Morgan fingerprint density at radius 1 is 0.821 bits per heavy atom. The zero-order valence-electron chi connectivity index (χ0n) is 15.1. The van der Waals surface area contributed by atoms with Crippen LogP contribution in [0.25, 0.3) is 6.08 Å². The summed E-state index contributed by atoms with van der Waals surface area (Å²) in [6.07, 6.45) is 4.61. The third-order valence-electron chi connectivity index (χ3n) is 4.08. The van der Waals surface area contributed by atoms with Gasteiger partial charge in [0.2, 0.25) is 0 Å². The molecule has 0 spiro atoms. The highest BCUT2D eigenvalue weighted by atomic mass is 16.4. The Bertz CT molecular complexity index is 992. The molecular formula is C24H18N2O2. The van der Waals surface area contributed by atoms with Gasteiger partial charge in [-0.3, -0.25) is 0 Å². The van der Waals surface area contributed by atoms with Crippen molar-refractivity contribution in [3.63, 3.8) is 0 Å². The lowest BCUT2D eigenvalue weighted by atomic mass is 10.1. The first-order chi connectivity index (χ1) is 13.7. The van der Waals surface area contributed by atoms with Crippen LogP contribution in [0.2, 0.25) is 0 Å². The van der Waals surface area contributed by atoms with Crippen LogP contribution in [-0.4, -0.2) is 11.1 Å². The molecule has 3 rings (SSSR count). The molecule has 1 N–H and O–H groups in total. The van der Waals surface area contributed by atoms with Crippen LogP contribution in [0.4, 0.5) is 17.1 Å². The van der Waals surface area contributed by atoms with Crippen molar-refractivity contribution in [3.8, 4) is 6.07 Å². The fourth-order valence-corrected chi connectivity index (χ4v) is 2.75. The third kappa shape index (κ3) is 4.54. The molecule has 0 heterocycles. The molecule has 0 saturated carbocycles. The summed E-state index contributed by atoms with van der Waals surface area (Å²) in [5.41, 5.74) is 3.73. The molecular weight excluding hydrogens is 348 g/mol. The highest BCUT2D eigenvalue weighted by Crippen LogP contribution is 2.34. The van der Waals surface area contributed by atoms with Crippen LogP contribution in [-0.2, 0) is 4.79 Å². The summed E-state index contributed by atoms with van der Waals surface area (Å²) in [7, 11) is 0. The minimum absolute atomic E-state index is 0.299. The van der Waals surface area contributed by atoms with Crippen molar-refractivity contribution in [3.05, 3.63) is 108 Å². The molecule has 0 bridgehead atoms. The Morgan fingerprint density at radius 2 is 1.32 bits per heavy atom. The molecule has 0 amide bonds. The molecule has 0 radical (unpaired) electrons. The van der Waals surface area contributed by atoms with Gasteiger partial charge in [0.1, 0.15) is 11.6 Å². The molecule has 28 heavy (non-hydrogen) atoms. The maximum atomic E-state index is 10.8. The summed E-state index contributed by atoms with van der Waals surface area (Å²) in [4.78, 5) is 13.0. The molecule has 0 atom stereocenters. The van der Waals surface area contributed by atoms with Crippen LogP contribution in [0, 0.1) is 11.3 Å². The Hall–Kier alpha value is -4.10. The summed E-state index contributed by atoms with van der Waals surface area (Å²) >= 11 is 0. The van der Waals surface area contributed by atoms with Gasteiger partial charge >= 0.3 is 5.97 Å². The number of carboxylic acid groups (broad SMARTS) is 1. The van der Waals surface area contributed by atoms with Gasteiger partial charge in [-0.1, -0.05) is 60.7 Å². The lowest BCUT2D eigenvalue weighted by molar-refractivity contribution is -0.132. The summed E-state index contributed by atoms with van der Waals surface area (Å²) in [6, 6.07) is 29.8. The highest BCUT2D eigenvalue weighted by Gasteiger charge is 2.11. The van der Waals surface area contributed by atoms with Gasteiger partial charge in [0.15, 0.2) is 0 Å². The first kappa shape index (κ1) is 18.7. The second-order valence-corrected chi connectivity index (χ2v) is 5.95. The number of carbonyl (C=O) groups is 1. The molecule has 136 valence electrons. The zero-order valence-corrected chi connectivity index (χ0v) is 15.1. The Labute approximate surface area is 163 Å². The van der Waals surface area contributed by atoms with E-state index in [1.54, 1.807) is 18.2 Å². The molecule has 0 aliphatic rings. The number of para-hydroxylation sites is 2. The number of rotatable bonds is 6. The summed E-state index contributed by atoms with van der Waals surface area (Å²) in [5.74, 6) is -1.23. The first-order valence-electron chi connectivity index (χ1n) is 8.71. The lowest BCUT2D eigenvalue weighted by Crippen LogP contribution is -2.09. The van der Waals surface area contributed by atoms with Crippen molar-refractivity contribution >= 4 is 29.1 Å². The highest BCUT2D eigenvalue weighted by molar-refractivity contribution is 5.91. The number of hydrogen-bond donors (Lipinski definition) is 1. The van der Waals surface area contributed by atoms with E-state index in [2.05, 4.69) is 29.2 Å². The summed E-state index contributed by atoms with van der Waals surface area (Å²) < 4.78 is 0. The number of nitrogens with zero attached hydrogens (tertiary/aromatic N) is 2. The monoisotopic (exact) mass is 366 g/mol. The number of benzene rings is 3. The van der Waals surface area contributed by atoms with Crippen molar-refractivity contribution in [1.29, 1.82) is 5.26 Å². The fraction of sp³-hybridized carbons (Fsp3) is 0. The van der Waals surface area contributed by atoms with E-state index < -0.39 is 5.97 Å². The second kappa shape index (κ2) is 9.02. The van der Waals surface area contributed by atoms with E-state index in [1.165, 1.54) is 6.08 Å². The molecule has 0 saturated heterocycles. The van der Waals surface area contributed by atoms with Crippen LogP contribution in [0.15, 0.2) is 103 Å². The second-order valence-electron chi connectivity index (χ2n) is 5.95. The van der Waals surface area contributed by atoms with Gasteiger partial charge in [-0.2, -0.15) is 5.26 Å². The maximum Gasteiger partial charge on any atom is 0.346 e. The quantitative estimate of drug-likeness (QED) is 0.345. The number of carboxylic acids is 1. The van der Waals surface area contributed by atoms with Gasteiger partial charge in [-0.05, 0) is 48.0 Å². The average Bonchev–Trinajstić information content (AvgIpc) is 2.74. The minimum Gasteiger partial charge on any atom is -0.477 e. The van der Waals surface area contributed by atoms with E-state index in [9.17, 15) is 4.79 Å². The van der Waals surface area contributed by atoms with Crippen molar-refractivity contribution < 1.29 is 9.90 Å². The topological polar surface area (TPSA) is 64.3 Å². The lowest BCUT2D eigenvalue weighted by Gasteiger charge is -2.25. The average molecular weight is 366 g/mol. The van der Waals surface area contributed by atoms with E-state index in [0.717, 1.165) is 22.6 Å². The van der Waals surface area contributed by atoms with Crippen molar-refractivity contribution in [1.82, 2.24) is 0 Å². The number of hydrogen-bond acceptors (Lipinski definition) is 3. The Morgan fingerprint density at radius 3 is 1.79 bits per heavy atom. The third-order valence-corrected chi connectivity index (χ3v) is 4.08. The molecule has 3 aromatic rings. The van der Waals surface area contributed by atoms with E-state index in [1.807, 2.05) is 60.7 Å². The SMILES string of the molecule is N#CC(=CC=Cc1ccc(N(c2ccccc2)c2ccccc2)cc1)C(=O)O. The Kier molecular flexibility index (Phi) is 6.02. The first-order valence-corrected chi connectivity index (χ1v) is 8.71. The van der Waals surface area contributed by atoms with Crippen LogP contribution >= 0.6 is 0 Å². The van der Waals surface area contributed by atoms with E-state index in [0.29, 0.717) is 0 Å². The summed E-state index contributed by atoms with van der Waals surface area (Å²) in [5, 5.41) is 17.6. The van der Waals surface area contributed by atoms with E-state index >= 15 is 0 Å². The molecule has 0 fully saturated rings. The minimum atomic E-state index is -1.23. The smallest absolute Gasteiger partial charge is 0.346 e. The van der Waals surface area contributed by atoms with Crippen LogP contribution < -0.4 is 4.90 Å². The van der Waals surface area contributed by atoms with Gasteiger partial charge in [0, 0.05) is 17.1 Å². The van der Waals surface area contributed by atoms with Crippen molar-refractivity contribution in [2.24, 2.45) is 0 Å². The predicted octanol–water partition coefficient (Wildman–Crippen LogP) is 5.70. The van der Waals surface area contributed by atoms with Crippen LogP contribution in [0.3, 0.4) is 0 Å². The van der Waals surface area contributed by atoms with Crippen LogP contribution in [0.1, 0.15) is 5.56 Å². The van der Waals surface area contributed by atoms with Crippen LogP contribution in [0.5, 0.6) is 0 Å². The van der Waals surface area contributed by atoms with Gasteiger partial charge in [0.05, 0.1) is 0 Å². The fourth-order valence-electron chi connectivity index (χ4n) is 2.75. The number of allylic oxidation sites excluding steroid dienone is 2. The standard InChI is InChI=1S/C24H18N2O2/c25-18-20(24(27)28)9-7-8-19-14-16-23(17-15-19)26(21-10-3-1-4-11-21)22-12-5-2-6-13-22/h1-17H,(H,27,28). The normalized spacial score (nSPS) is 11.2. The van der Waals surface area contributed by atoms with Crippen molar-refractivity contribution in [2.75, 3.05) is 4.90 Å².